The van der Waals surface area contributed by atoms with Crippen LogP contribution in [0.5, 0.6) is 0 Å². The summed E-state index contributed by atoms with van der Waals surface area (Å²) < 4.78 is 5.92. The van der Waals surface area contributed by atoms with E-state index in [1.165, 1.54) is 10.9 Å². The van der Waals surface area contributed by atoms with Crippen molar-refractivity contribution in [1.29, 1.82) is 0 Å². The minimum atomic E-state index is -0.302. The summed E-state index contributed by atoms with van der Waals surface area (Å²) in [5.41, 5.74) is 6.72. The SMILES string of the molecule is CN(SN1CCC(n2ncc(N)c(Cl)c2=O)CC1)c1ccccc1. The second-order valence-corrected chi connectivity index (χ2v) is 7.34. The lowest BCUT2D eigenvalue weighted by molar-refractivity contribution is 0.269. The molecule has 0 atom stereocenters. The van der Waals surface area contributed by atoms with Crippen molar-refractivity contribution in [2.45, 2.75) is 18.9 Å². The zero-order chi connectivity index (χ0) is 17.1. The lowest BCUT2D eigenvalue weighted by Crippen LogP contribution is -2.37. The van der Waals surface area contributed by atoms with Crippen LogP contribution in [0.3, 0.4) is 0 Å². The first-order valence-corrected chi connectivity index (χ1v) is 8.91. The number of anilines is 2. The fourth-order valence-corrected chi connectivity index (χ4v) is 3.82. The number of nitrogens with two attached hydrogens (primary N) is 1. The van der Waals surface area contributed by atoms with Gasteiger partial charge in [-0.05, 0) is 25.0 Å². The van der Waals surface area contributed by atoms with Gasteiger partial charge < -0.3 is 10.0 Å². The molecule has 1 fully saturated rings. The highest BCUT2D eigenvalue weighted by molar-refractivity contribution is 7.98. The molecule has 6 nitrogen and oxygen atoms in total. The van der Waals surface area contributed by atoms with Crippen molar-refractivity contribution in [3.8, 4) is 0 Å². The molecule has 2 N–H and O–H groups in total. The van der Waals surface area contributed by atoms with Gasteiger partial charge >= 0.3 is 0 Å². The molecule has 1 aromatic carbocycles. The van der Waals surface area contributed by atoms with E-state index in [-0.39, 0.29) is 22.3 Å². The van der Waals surface area contributed by atoms with Crippen molar-refractivity contribution < 1.29 is 0 Å². The fraction of sp³-hybridized carbons (Fsp3) is 0.375. The van der Waals surface area contributed by atoms with E-state index in [2.05, 4.69) is 32.9 Å². The van der Waals surface area contributed by atoms with Gasteiger partial charge in [0.05, 0.1) is 17.9 Å². The van der Waals surface area contributed by atoms with Crippen LogP contribution in [0.4, 0.5) is 11.4 Å². The average Bonchev–Trinajstić information content (AvgIpc) is 2.61. The summed E-state index contributed by atoms with van der Waals surface area (Å²) in [7, 11) is 2.05. The third-order valence-corrected chi connectivity index (χ3v) is 5.53. The van der Waals surface area contributed by atoms with Crippen molar-refractivity contribution in [3.63, 3.8) is 0 Å². The summed E-state index contributed by atoms with van der Waals surface area (Å²) >= 11 is 7.64. The summed E-state index contributed by atoms with van der Waals surface area (Å²) in [6, 6.07) is 10.3. The van der Waals surface area contributed by atoms with Crippen LogP contribution in [0, 0.1) is 0 Å². The van der Waals surface area contributed by atoms with E-state index in [0.29, 0.717) is 0 Å². The molecule has 0 bridgehead atoms. The van der Waals surface area contributed by atoms with Crippen LogP contribution >= 0.6 is 23.7 Å². The van der Waals surface area contributed by atoms with Crippen LogP contribution in [0.15, 0.2) is 41.3 Å². The Morgan fingerprint density at radius 3 is 2.62 bits per heavy atom. The molecule has 0 amide bonds. The van der Waals surface area contributed by atoms with E-state index < -0.39 is 0 Å². The van der Waals surface area contributed by atoms with Gasteiger partial charge in [0.2, 0.25) is 0 Å². The van der Waals surface area contributed by atoms with E-state index in [4.69, 9.17) is 17.3 Å². The van der Waals surface area contributed by atoms with Gasteiger partial charge in [-0.25, -0.2) is 8.99 Å². The van der Waals surface area contributed by atoms with Gasteiger partial charge in [0.15, 0.2) is 0 Å². The Labute approximate surface area is 150 Å². The molecule has 1 aromatic heterocycles. The highest BCUT2D eigenvalue weighted by Gasteiger charge is 2.24. The molecule has 2 aromatic rings. The molecule has 1 saturated heterocycles. The molecule has 0 unspecified atom stereocenters. The number of hydrogen-bond donors (Lipinski definition) is 1. The van der Waals surface area contributed by atoms with Crippen LogP contribution < -0.4 is 15.6 Å². The van der Waals surface area contributed by atoms with Crippen LogP contribution in [0.25, 0.3) is 0 Å². The number of para-hydroxylation sites is 1. The number of benzene rings is 1. The largest absolute Gasteiger partial charge is 0.396 e. The lowest BCUT2D eigenvalue weighted by Gasteiger charge is -2.33. The van der Waals surface area contributed by atoms with E-state index >= 15 is 0 Å². The molecule has 1 aliphatic heterocycles. The van der Waals surface area contributed by atoms with Crippen molar-refractivity contribution in [3.05, 3.63) is 51.9 Å². The first kappa shape index (κ1) is 17.1. The molecular weight excluding hydrogens is 346 g/mol. The molecule has 0 radical (unpaired) electrons. The molecule has 3 rings (SSSR count). The van der Waals surface area contributed by atoms with E-state index in [1.54, 1.807) is 12.1 Å². The number of nitrogens with zero attached hydrogens (tertiary/aromatic N) is 4. The predicted octanol–water partition coefficient (Wildman–Crippen LogP) is 2.82. The first-order chi connectivity index (χ1) is 11.6. The van der Waals surface area contributed by atoms with Crippen molar-refractivity contribution in [2.24, 2.45) is 0 Å². The summed E-state index contributed by atoms with van der Waals surface area (Å²) in [5, 5.41) is 4.22. The Morgan fingerprint density at radius 2 is 1.96 bits per heavy atom. The highest BCUT2D eigenvalue weighted by atomic mass is 35.5. The van der Waals surface area contributed by atoms with Gasteiger partial charge in [-0.1, -0.05) is 29.8 Å². The third-order valence-electron chi connectivity index (χ3n) is 4.10. The molecule has 2 heterocycles. The average molecular weight is 366 g/mol. The normalized spacial score (nSPS) is 16.2. The maximum atomic E-state index is 12.2. The summed E-state index contributed by atoms with van der Waals surface area (Å²) in [6.07, 6.45) is 3.15. The Balaban J connectivity index is 1.60. The maximum absolute atomic E-state index is 12.2. The standard InChI is InChI=1S/C16H20ClN5OS/c1-20(12-5-3-2-4-6-12)24-21-9-7-13(8-10-21)22-16(23)15(17)14(18)11-19-22/h2-6,11,13H,7-10,18H2,1H3. The number of nitrogen functional groups attached to an aromatic ring is 1. The van der Waals surface area contributed by atoms with Crippen LogP contribution in [0.1, 0.15) is 18.9 Å². The van der Waals surface area contributed by atoms with Gasteiger partial charge in [0.1, 0.15) is 5.02 Å². The number of piperidine rings is 1. The Kier molecular flexibility index (Phi) is 5.33. The van der Waals surface area contributed by atoms with Crippen LogP contribution in [-0.2, 0) is 0 Å². The van der Waals surface area contributed by atoms with E-state index in [9.17, 15) is 4.79 Å². The molecule has 128 valence electrons. The topological polar surface area (TPSA) is 67.4 Å². The number of halogens is 1. The molecular formula is C16H20ClN5OS. The minimum absolute atomic E-state index is 0.0608. The summed E-state index contributed by atoms with van der Waals surface area (Å²) in [4.78, 5) is 12.2. The van der Waals surface area contributed by atoms with Gasteiger partial charge in [-0.3, -0.25) is 4.79 Å². The lowest BCUT2D eigenvalue weighted by atomic mass is 10.1. The van der Waals surface area contributed by atoms with Crippen LogP contribution in [0.2, 0.25) is 5.02 Å². The zero-order valence-electron chi connectivity index (χ0n) is 13.4. The van der Waals surface area contributed by atoms with Gasteiger partial charge in [-0.15, -0.1) is 0 Å². The van der Waals surface area contributed by atoms with Crippen molar-refractivity contribution in [1.82, 2.24) is 14.1 Å². The number of rotatable bonds is 4. The number of hydrogen-bond acceptors (Lipinski definition) is 6. The van der Waals surface area contributed by atoms with Crippen LogP contribution in [-0.4, -0.2) is 34.2 Å². The second kappa shape index (κ2) is 7.46. The molecule has 0 aliphatic carbocycles. The third kappa shape index (κ3) is 3.68. The van der Waals surface area contributed by atoms with Crippen molar-refractivity contribution in [2.75, 3.05) is 30.2 Å². The summed E-state index contributed by atoms with van der Waals surface area (Å²) in [6.45, 7) is 1.76. The summed E-state index contributed by atoms with van der Waals surface area (Å²) in [5.74, 6) is 0. The first-order valence-electron chi connectivity index (χ1n) is 7.81. The maximum Gasteiger partial charge on any atom is 0.287 e. The smallest absolute Gasteiger partial charge is 0.287 e. The van der Waals surface area contributed by atoms with Crippen molar-refractivity contribution >= 4 is 35.1 Å². The Morgan fingerprint density at radius 1 is 1.29 bits per heavy atom. The highest BCUT2D eigenvalue weighted by Crippen LogP contribution is 2.29. The molecule has 1 aliphatic rings. The minimum Gasteiger partial charge on any atom is -0.396 e. The van der Waals surface area contributed by atoms with Gasteiger partial charge in [0, 0.05) is 38.0 Å². The predicted molar refractivity (Wildman–Crippen MR) is 100 cm³/mol. The fourth-order valence-electron chi connectivity index (χ4n) is 2.74. The molecule has 8 heteroatoms. The second-order valence-electron chi connectivity index (χ2n) is 5.74. The van der Waals surface area contributed by atoms with Gasteiger partial charge in [-0.2, -0.15) is 5.10 Å². The monoisotopic (exact) mass is 365 g/mol. The molecule has 0 spiro atoms. The Hall–Kier alpha value is -1.70. The number of aromatic nitrogens is 2. The van der Waals surface area contributed by atoms with Gasteiger partial charge in [0.25, 0.3) is 5.56 Å². The van der Waals surface area contributed by atoms with E-state index in [1.807, 2.05) is 18.2 Å². The molecule has 24 heavy (non-hydrogen) atoms. The molecule has 0 saturated carbocycles. The zero-order valence-corrected chi connectivity index (χ0v) is 15.0. The van der Waals surface area contributed by atoms with E-state index in [0.717, 1.165) is 31.6 Å². The quantitative estimate of drug-likeness (QED) is 0.840. The Bertz CT molecular complexity index is 746.